The molecule has 1 saturated carbocycles. The number of nitrogens with zero attached hydrogens (tertiary/aromatic N) is 5. The maximum absolute atomic E-state index is 10.1. The lowest BCUT2D eigenvalue weighted by molar-refractivity contribution is 0.260. The number of rotatable bonds is 4. The minimum Gasteiger partial charge on any atom is -0.512 e. The molecule has 33 heavy (non-hydrogen) atoms. The number of allylic oxidation sites excluding steroid dienone is 2. The molecule has 0 saturated heterocycles. The third-order valence-corrected chi connectivity index (χ3v) is 7.34. The predicted molar refractivity (Wildman–Crippen MR) is 133 cm³/mol. The van der Waals surface area contributed by atoms with Crippen molar-refractivity contribution < 1.29 is 5.11 Å². The van der Waals surface area contributed by atoms with Crippen molar-refractivity contribution in [1.29, 1.82) is 0 Å². The third-order valence-electron chi connectivity index (χ3n) is 6.53. The number of nitrogens with two attached hydrogens (primary N) is 1. The van der Waals surface area contributed by atoms with Crippen LogP contribution in [0.5, 0.6) is 0 Å². The van der Waals surface area contributed by atoms with E-state index in [-0.39, 0.29) is 11.8 Å². The lowest BCUT2D eigenvalue weighted by Gasteiger charge is -2.28. The highest BCUT2D eigenvalue weighted by atomic mass is 79.9. The van der Waals surface area contributed by atoms with Gasteiger partial charge in [0.2, 0.25) is 0 Å². The molecule has 1 aliphatic rings. The number of hydrogen-bond donors (Lipinski definition) is 2. The van der Waals surface area contributed by atoms with Gasteiger partial charge in [-0.25, -0.2) is 4.98 Å². The Hall–Kier alpha value is -3.26. The number of aromatic nitrogens is 5. The second-order valence-corrected chi connectivity index (χ2v) is 9.21. The average Bonchev–Trinajstić information content (AvgIpc) is 3.30. The first-order valence-electron chi connectivity index (χ1n) is 11.1. The lowest BCUT2D eigenvalue weighted by Crippen LogP contribution is -2.17. The van der Waals surface area contributed by atoms with Crippen LogP contribution in [0.1, 0.15) is 44.2 Å². The first-order valence-corrected chi connectivity index (χ1v) is 11.9. The second-order valence-electron chi connectivity index (χ2n) is 8.42. The van der Waals surface area contributed by atoms with Gasteiger partial charge in [0.05, 0.1) is 27.8 Å². The maximum atomic E-state index is 10.1. The fourth-order valence-corrected chi connectivity index (χ4v) is 5.21. The van der Waals surface area contributed by atoms with Crippen LogP contribution in [0.25, 0.3) is 28.0 Å². The van der Waals surface area contributed by atoms with Crippen LogP contribution in [0.3, 0.4) is 0 Å². The molecule has 0 atom stereocenters. The Kier molecular flexibility index (Phi) is 5.85. The largest absolute Gasteiger partial charge is 0.512 e. The van der Waals surface area contributed by atoms with Gasteiger partial charge in [-0.2, -0.15) is 9.61 Å². The highest BCUT2D eigenvalue weighted by Crippen LogP contribution is 2.42. The van der Waals surface area contributed by atoms with Gasteiger partial charge in [-0.15, -0.1) is 0 Å². The van der Waals surface area contributed by atoms with Crippen molar-refractivity contribution in [3.05, 3.63) is 71.1 Å². The standard InChI is InChI=1S/C25H25BrN6O/c1-2-21(33)16-3-5-17(6-4-16)23-22(26)24(27)32-25(31-23)19(14-30-32)18-7-8-20(29-13-18)15-9-11-28-12-10-15/h2,7-14,16-17,33H,3-6,27H2,1H3/b21-2-. The van der Waals surface area contributed by atoms with Crippen LogP contribution in [0.2, 0.25) is 0 Å². The SMILES string of the molecule is C/C=C(\O)C1CCC(c2nc3c(-c4ccc(-c5ccncc5)nc4)cnn3c(N)c2Br)CC1. The van der Waals surface area contributed by atoms with Crippen molar-refractivity contribution in [1.82, 2.24) is 24.6 Å². The molecular formula is C25H25BrN6O. The molecule has 1 aliphatic carbocycles. The number of nitrogen functional groups attached to an aromatic ring is 1. The third kappa shape index (κ3) is 3.99. The van der Waals surface area contributed by atoms with Gasteiger partial charge in [-0.3, -0.25) is 9.97 Å². The van der Waals surface area contributed by atoms with Crippen molar-refractivity contribution in [2.45, 2.75) is 38.5 Å². The van der Waals surface area contributed by atoms with E-state index < -0.39 is 0 Å². The lowest BCUT2D eigenvalue weighted by atomic mass is 9.79. The summed E-state index contributed by atoms with van der Waals surface area (Å²) < 4.78 is 2.48. The topological polar surface area (TPSA) is 102 Å². The molecule has 5 rings (SSSR count). The van der Waals surface area contributed by atoms with E-state index in [9.17, 15) is 5.11 Å². The van der Waals surface area contributed by atoms with Gasteiger partial charge in [0.25, 0.3) is 0 Å². The zero-order valence-corrected chi connectivity index (χ0v) is 19.9. The summed E-state index contributed by atoms with van der Waals surface area (Å²) in [5.41, 5.74) is 11.9. The van der Waals surface area contributed by atoms with E-state index in [2.05, 4.69) is 31.0 Å². The summed E-state index contributed by atoms with van der Waals surface area (Å²) in [5, 5.41) is 14.6. The summed E-state index contributed by atoms with van der Waals surface area (Å²) >= 11 is 3.67. The molecule has 3 N–H and O–H groups in total. The zero-order valence-electron chi connectivity index (χ0n) is 18.3. The fourth-order valence-electron chi connectivity index (χ4n) is 4.63. The van der Waals surface area contributed by atoms with Crippen molar-refractivity contribution in [3.8, 4) is 22.4 Å². The molecule has 168 valence electrons. The highest BCUT2D eigenvalue weighted by molar-refractivity contribution is 9.10. The molecule has 4 aromatic rings. The normalized spacial score (nSPS) is 19.2. The Morgan fingerprint density at radius 2 is 1.85 bits per heavy atom. The van der Waals surface area contributed by atoms with E-state index in [4.69, 9.17) is 10.7 Å². The van der Waals surface area contributed by atoms with Gasteiger partial charge in [0, 0.05) is 47.1 Å². The Morgan fingerprint density at radius 1 is 1.09 bits per heavy atom. The molecule has 8 heteroatoms. The molecule has 7 nitrogen and oxygen atoms in total. The summed E-state index contributed by atoms with van der Waals surface area (Å²) in [6.45, 7) is 1.88. The van der Waals surface area contributed by atoms with Crippen LogP contribution in [-0.4, -0.2) is 29.7 Å². The molecule has 0 bridgehead atoms. The first kappa shape index (κ1) is 21.6. The molecule has 4 aromatic heterocycles. The molecule has 4 heterocycles. The number of fused-ring (bicyclic) bond motifs is 1. The Balaban J connectivity index is 1.49. The minimum atomic E-state index is 0.238. The van der Waals surface area contributed by atoms with E-state index in [1.54, 1.807) is 29.2 Å². The van der Waals surface area contributed by atoms with Gasteiger partial charge in [0.15, 0.2) is 5.65 Å². The number of pyridine rings is 2. The maximum Gasteiger partial charge on any atom is 0.165 e. The van der Waals surface area contributed by atoms with Crippen LogP contribution < -0.4 is 5.73 Å². The van der Waals surface area contributed by atoms with E-state index in [1.807, 2.05) is 37.4 Å². The molecule has 0 aliphatic heterocycles. The number of hydrogen-bond acceptors (Lipinski definition) is 6. The van der Waals surface area contributed by atoms with Crippen LogP contribution in [0.15, 0.2) is 65.4 Å². The summed E-state index contributed by atoms with van der Waals surface area (Å²) in [5.74, 6) is 1.56. The van der Waals surface area contributed by atoms with Gasteiger partial charge < -0.3 is 10.8 Å². The zero-order chi connectivity index (χ0) is 22.9. The van der Waals surface area contributed by atoms with Gasteiger partial charge in [-0.1, -0.05) is 6.07 Å². The van der Waals surface area contributed by atoms with Crippen molar-refractivity contribution in [2.24, 2.45) is 5.92 Å². The molecule has 0 unspecified atom stereocenters. The first-order chi connectivity index (χ1) is 16.1. The van der Waals surface area contributed by atoms with E-state index in [0.29, 0.717) is 11.6 Å². The number of anilines is 1. The number of halogens is 1. The van der Waals surface area contributed by atoms with Crippen LogP contribution in [-0.2, 0) is 0 Å². The summed E-state index contributed by atoms with van der Waals surface area (Å²) in [7, 11) is 0. The van der Waals surface area contributed by atoms with Crippen LogP contribution >= 0.6 is 15.9 Å². The molecule has 0 radical (unpaired) electrons. The van der Waals surface area contributed by atoms with Crippen LogP contribution in [0, 0.1) is 5.92 Å². The second kappa shape index (κ2) is 8.94. The molecule has 1 fully saturated rings. The van der Waals surface area contributed by atoms with Crippen molar-refractivity contribution >= 4 is 27.4 Å². The smallest absolute Gasteiger partial charge is 0.165 e. The van der Waals surface area contributed by atoms with Gasteiger partial charge in [0.1, 0.15) is 5.82 Å². The molecule has 0 aromatic carbocycles. The quantitative estimate of drug-likeness (QED) is 0.333. The summed E-state index contributed by atoms with van der Waals surface area (Å²) in [6, 6.07) is 7.90. The Morgan fingerprint density at radius 3 is 2.52 bits per heavy atom. The van der Waals surface area contributed by atoms with Crippen molar-refractivity contribution in [3.63, 3.8) is 0 Å². The monoisotopic (exact) mass is 504 g/mol. The number of aliphatic hydroxyl groups is 1. The molecule has 0 amide bonds. The van der Waals surface area contributed by atoms with E-state index in [1.165, 1.54) is 0 Å². The fraction of sp³-hybridized carbons (Fsp3) is 0.280. The van der Waals surface area contributed by atoms with Crippen LogP contribution in [0.4, 0.5) is 5.82 Å². The van der Waals surface area contributed by atoms with Crippen molar-refractivity contribution in [2.75, 3.05) is 5.73 Å². The Labute approximate surface area is 200 Å². The number of aliphatic hydroxyl groups excluding tert-OH is 1. The molecule has 0 spiro atoms. The van der Waals surface area contributed by atoms with E-state index in [0.717, 1.165) is 63.9 Å². The predicted octanol–water partition coefficient (Wildman–Crippen LogP) is 5.93. The van der Waals surface area contributed by atoms with E-state index >= 15 is 0 Å². The molecular weight excluding hydrogens is 480 g/mol. The summed E-state index contributed by atoms with van der Waals surface area (Å²) in [4.78, 5) is 13.7. The van der Waals surface area contributed by atoms with Gasteiger partial charge in [-0.05, 0) is 72.8 Å². The average molecular weight is 505 g/mol. The minimum absolute atomic E-state index is 0.238. The van der Waals surface area contributed by atoms with Gasteiger partial charge >= 0.3 is 0 Å². The Bertz CT molecular complexity index is 1310. The summed E-state index contributed by atoms with van der Waals surface area (Å²) in [6.07, 6.45) is 12.7. The highest BCUT2D eigenvalue weighted by Gasteiger charge is 2.28.